The van der Waals surface area contributed by atoms with E-state index in [4.69, 9.17) is 4.74 Å². The van der Waals surface area contributed by atoms with Gasteiger partial charge in [-0.25, -0.2) is 0 Å². The fourth-order valence-corrected chi connectivity index (χ4v) is 2.35. The molecular weight excluding hydrogens is 334 g/mol. The van der Waals surface area contributed by atoms with E-state index < -0.39 is 18.0 Å². The fourth-order valence-electron chi connectivity index (χ4n) is 2.35. The molecule has 0 aliphatic heterocycles. The summed E-state index contributed by atoms with van der Waals surface area (Å²) in [6, 6.07) is 16.9. The number of esters is 1. The van der Waals surface area contributed by atoms with Gasteiger partial charge in [-0.1, -0.05) is 60.7 Å². The van der Waals surface area contributed by atoms with Crippen LogP contribution < -0.4 is 5.32 Å². The first kappa shape index (κ1) is 19.3. The first-order valence-corrected chi connectivity index (χ1v) is 8.30. The summed E-state index contributed by atoms with van der Waals surface area (Å²) in [7, 11) is 0. The molecule has 2 aromatic carbocycles. The predicted molar refractivity (Wildman–Crippen MR) is 95.7 cm³/mol. The van der Waals surface area contributed by atoms with Gasteiger partial charge < -0.3 is 9.84 Å². The van der Waals surface area contributed by atoms with E-state index in [2.05, 4.69) is 5.32 Å². The number of hydrogen-bond acceptors (Lipinski definition) is 5. The third-order valence-corrected chi connectivity index (χ3v) is 3.79. The van der Waals surface area contributed by atoms with Gasteiger partial charge in [0.05, 0.1) is 6.54 Å². The highest BCUT2D eigenvalue weighted by molar-refractivity contribution is 5.96. The summed E-state index contributed by atoms with van der Waals surface area (Å²) in [5.74, 6) is -1.79. The Hall–Kier alpha value is -2.99. The van der Waals surface area contributed by atoms with Gasteiger partial charge >= 0.3 is 11.9 Å². The van der Waals surface area contributed by atoms with Crippen LogP contribution in [0.1, 0.15) is 28.8 Å². The number of ketones is 1. The number of Topliss-reactive ketones (excluding diaryl/α,β-unsaturated/α-hetero) is 1. The van der Waals surface area contributed by atoms with Gasteiger partial charge in [-0.05, 0) is 12.0 Å². The van der Waals surface area contributed by atoms with E-state index in [9.17, 15) is 19.5 Å². The second kappa shape index (κ2) is 10.1. The van der Waals surface area contributed by atoms with Gasteiger partial charge in [0.2, 0.25) is 0 Å². The van der Waals surface area contributed by atoms with Gasteiger partial charge in [-0.15, -0.1) is 0 Å². The number of benzene rings is 2. The van der Waals surface area contributed by atoms with Crippen LogP contribution in [0.5, 0.6) is 0 Å². The first-order valence-electron chi connectivity index (χ1n) is 8.30. The smallest absolute Gasteiger partial charge is 0.320 e. The molecular formula is C20H21NO5. The van der Waals surface area contributed by atoms with Gasteiger partial charge in [0, 0.05) is 12.0 Å². The lowest BCUT2D eigenvalue weighted by atomic mass is 10.0. The molecule has 136 valence electrons. The van der Waals surface area contributed by atoms with Gasteiger partial charge in [0.15, 0.2) is 5.78 Å². The van der Waals surface area contributed by atoms with Crippen molar-refractivity contribution in [2.75, 3.05) is 6.54 Å². The molecule has 1 atom stereocenters. The number of carboxylic acids is 1. The number of aliphatic carboxylic acids is 1. The highest BCUT2D eigenvalue weighted by atomic mass is 16.5. The van der Waals surface area contributed by atoms with E-state index in [1.807, 2.05) is 30.3 Å². The molecule has 0 saturated heterocycles. The van der Waals surface area contributed by atoms with Crippen molar-refractivity contribution in [3.8, 4) is 0 Å². The Balaban J connectivity index is 1.76. The van der Waals surface area contributed by atoms with Crippen molar-refractivity contribution >= 4 is 17.7 Å². The van der Waals surface area contributed by atoms with Crippen molar-refractivity contribution in [3.63, 3.8) is 0 Å². The van der Waals surface area contributed by atoms with Crippen molar-refractivity contribution in [3.05, 3.63) is 71.8 Å². The van der Waals surface area contributed by atoms with E-state index in [1.54, 1.807) is 30.3 Å². The molecule has 0 aromatic heterocycles. The number of nitrogens with one attached hydrogen (secondary N) is 1. The number of rotatable bonds is 10. The Kier molecular flexibility index (Phi) is 7.51. The van der Waals surface area contributed by atoms with Crippen molar-refractivity contribution in [1.82, 2.24) is 5.32 Å². The lowest BCUT2D eigenvalue weighted by Crippen LogP contribution is -2.40. The molecule has 0 saturated carbocycles. The average Bonchev–Trinajstić information content (AvgIpc) is 2.67. The van der Waals surface area contributed by atoms with Gasteiger partial charge in [0.1, 0.15) is 12.6 Å². The number of carbonyl (C=O) groups excluding carboxylic acids is 2. The van der Waals surface area contributed by atoms with Crippen LogP contribution in [-0.2, 0) is 20.9 Å². The summed E-state index contributed by atoms with van der Waals surface area (Å²) in [6.45, 7) is -0.102. The molecule has 1 unspecified atom stereocenters. The lowest BCUT2D eigenvalue weighted by Gasteiger charge is -2.13. The molecule has 0 heterocycles. The minimum atomic E-state index is -1.11. The third kappa shape index (κ3) is 6.49. The third-order valence-electron chi connectivity index (χ3n) is 3.79. The summed E-state index contributed by atoms with van der Waals surface area (Å²) in [5, 5.41) is 11.9. The molecule has 6 heteroatoms. The zero-order chi connectivity index (χ0) is 18.8. The van der Waals surface area contributed by atoms with Crippen molar-refractivity contribution in [2.45, 2.75) is 25.5 Å². The van der Waals surface area contributed by atoms with Crippen molar-refractivity contribution in [1.29, 1.82) is 0 Å². The van der Waals surface area contributed by atoms with E-state index in [0.29, 0.717) is 5.56 Å². The second-order valence-electron chi connectivity index (χ2n) is 5.75. The number of hydrogen-bond donors (Lipinski definition) is 2. The maximum atomic E-state index is 12.1. The number of carboxylic acid groups (broad SMARTS) is 1. The molecule has 2 aromatic rings. The highest BCUT2D eigenvalue weighted by Gasteiger charge is 2.20. The van der Waals surface area contributed by atoms with Gasteiger partial charge in [-0.3, -0.25) is 19.7 Å². The van der Waals surface area contributed by atoms with Crippen LogP contribution in [0.3, 0.4) is 0 Å². The first-order chi connectivity index (χ1) is 12.6. The summed E-state index contributed by atoms with van der Waals surface area (Å²) in [6.07, 6.45) is 0.169. The maximum absolute atomic E-state index is 12.1. The Bertz CT molecular complexity index is 730. The lowest BCUT2D eigenvalue weighted by molar-refractivity contribution is -0.144. The molecule has 26 heavy (non-hydrogen) atoms. The van der Waals surface area contributed by atoms with Crippen molar-refractivity contribution < 1.29 is 24.2 Å². The zero-order valence-electron chi connectivity index (χ0n) is 14.3. The summed E-state index contributed by atoms with van der Waals surface area (Å²) < 4.78 is 5.09. The molecule has 2 N–H and O–H groups in total. The number of carbonyl (C=O) groups is 3. The zero-order valence-corrected chi connectivity index (χ0v) is 14.3. The highest BCUT2D eigenvalue weighted by Crippen LogP contribution is 2.07. The average molecular weight is 355 g/mol. The standard InChI is InChI=1S/C20H21NO5/c22-18(16-9-5-2-6-10-16)12-11-17(20(24)25)21-13-19(23)26-14-15-7-3-1-4-8-15/h1-10,17,21H,11-14H2,(H,24,25). The van der Waals surface area contributed by atoms with Crippen LogP contribution in [0.15, 0.2) is 60.7 Å². The largest absolute Gasteiger partial charge is 0.480 e. The summed E-state index contributed by atoms with van der Waals surface area (Å²) in [5.41, 5.74) is 1.39. The Morgan fingerprint density at radius 1 is 0.962 bits per heavy atom. The predicted octanol–water partition coefficient (Wildman–Crippen LogP) is 2.44. The molecule has 0 aliphatic rings. The minimum absolute atomic E-state index is 0.0764. The molecule has 0 aliphatic carbocycles. The van der Waals surface area contributed by atoms with E-state index >= 15 is 0 Å². The van der Waals surface area contributed by atoms with Crippen LogP contribution in [-0.4, -0.2) is 35.4 Å². The van der Waals surface area contributed by atoms with E-state index in [0.717, 1.165) is 5.56 Å². The summed E-state index contributed by atoms with van der Waals surface area (Å²) in [4.78, 5) is 35.1. The van der Waals surface area contributed by atoms with E-state index in [-0.39, 0.29) is 31.8 Å². The normalized spacial score (nSPS) is 11.5. The monoisotopic (exact) mass is 355 g/mol. The molecule has 6 nitrogen and oxygen atoms in total. The maximum Gasteiger partial charge on any atom is 0.320 e. The number of ether oxygens (including phenoxy) is 1. The van der Waals surface area contributed by atoms with Gasteiger partial charge in [0.25, 0.3) is 0 Å². The molecule has 0 bridgehead atoms. The second-order valence-corrected chi connectivity index (χ2v) is 5.75. The van der Waals surface area contributed by atoms with Crippen LogP contribution in [0, 0.1) is 0 Å². The van der Waals surface area contributed by atoms with Crippen LogP contribution in [0.4, 0.5) is 0 Å². The fraction of sp³-hybridized carbons (Fsp3) is 0.250. The topological polar surface area (TPSA) is 92.7 Å². The Morgan fingerprint density at radius 2 is 1.58 bits per heavy atom. The van der Waals surface area contributed by atoms with Gasteiger partial charge in [-0.2, -0.15) is 0 Å². The summed E-state index contributed by atoms with van der Waals surface area (Å²) >= 11 is 0. The molecule has 0 amide bonds. The quantitative estimate of drug-likeness (QED) is 0.502. The van der Waals surface area contributed by atoms with Crippen LogP contribution in [0.2, 0.25) is 0 Å². The van der Waals surface area contributed by atoms with E-state index in [1.165, 1.54) is 0 Å². The molecule has 0 spiro atoms. The minimum Gasteiger partial charge on any atom is -0.480 e. The van der Waals surface area contributed by atoms with Crippen LogP contribution in [0.25, 0.3) is 0 Å². The SMILES string of the molecule is O=C(CNC(CCC(=O)c1ccccc1)C(=O)O)OCc1ccccc1. The molecule has 0 radical (unpaired) electrons. The molecule has 0 fully saturated rings. The molecule has 2 rings (SSSR count). The van der Waals surface area contributed by atoms with Crippen molar-refractivity contribution in [2.24, 2.45) is 0 Å². The Labute approximate surface area is 151 Å². The van der Waals surface area contributed by atoms with Crippen LogP contribution >= 0.6 is 0 Å². The Morgan fingerprint density at radius 3 is 2.19 bits per heavy atom.